The molecule has 0 aromatic heterocycles. The monoisotopic (exact) mass is 243 g/mol. The molecular weight excluding hydrogens is 214 g/mol. The van der Waals surface area contributed by atoms with Gasteiger partial charge < -0.3 is 14.8 Å². The zero-order chi connectivity index (χ0) is 12.7. The van der Waals surface area contributed by atoms with Crippen LogP contribution in [0.25, 0.3) is 0 Å². The molecular formula is C14H29NO2. The lowest BCUT2D eigenvalue weighted by atomic mass is 9.78. The fourth-order valence-electron chi connectivity index (χ4n) is 3.23. The highest BCUT2D eigenvalue weighted by atomic mass is 16.5. The Labute approximate surface area is 106 Å². The van der Waals surface area contributed by atoms with E-state index in [0.717, 1.165) is 32.7 Å². The Morgan fingerprint density at radius 1 is 1.35 bits per heavy atom. The van der Waals surface area contributed by atoms with Crippen LogP contribution in [0.5, 0.6) is 0 Å². The van der Waals surface area contributed by atoms with Crippen LogP contribution in [0.15, 0.2) is 0 Å². The van der Waals surface area contributed by atoms with Crippen molar-refractivity contribution in [2.24, 2.45) is 5.92 Å². The van der Waals surface area contributed by atoms with Gasteiger partial charge in [-0.25, -0.2) is 0 Å². The van der Waals surface area contributed by atoms with Crippen molar-refractivity contribution in [1.82, 2.24) is 5.32 Å². The van der Waals surface area contributed by atoms with E-state index < -0.39 is 0 Å². The van der Waals surface area contributed by atoms with E-state index in [0.29, 0.717) is 12.0 Å². The van der Waals surface area contributed by atoms with Gasteiger partial charge in [-0.1, -0.05) is 13.8 Å². The van der Waals surface area contributed by atoms with Crippen molar-refractivity contribution < 1.29 is 9.47 Å². The Bertz CT molecular complexity index is 198. The molecule has 1 aliphatic heterocycles. The van der Waals surface area contributed by atoms with Crippen molar-refractivity contribution in [2.45, 2.75) is 58.1 Å². The van der Waals surface area contributed by atoms with Gasteiger partial charge >= 0.3 is 0 Å². The molecule has 1 saturated heterocycles. The molecule has 0 aromatic carbocycles. The molecule has 1 heterocycles. The molecule has 0 radical (unpaired) electrons. The standard InChI is InChI=1S/C14H29NO2/c1-5-14(6-2,17-7-3)13(15-4)12-9-8-10-16-11-12/h12-13,15H,5-11H2,1-4H3. The van der Waals surface area contributed by atoms with Crippen molar-refractivity contribution in [3.05, 3.63) is 0 Å². The molecule has 1 rings (SSSR count). The van der Waals surface area contributed by atoms with Gasteiger partial charge in [0.1, 0.15) is 0 Å². The Morgan fingerprint density at radius 2 is 2.06 bits per heavy atom. The van der Waals surface area contributed by atoms with Gasteiger partial charge in [-0.2, -0.15) is 0 Å². The third-order valence-electron chi connectivity index (χ3n) is 4.17. The number of hydrogen-bond donors (Lipinski definition) is 1. The lowest BCUT2D eigenvalue weighted by Crippen LogP contribution is -2.56. The number of ether oxygens (including phenoxy) is 2. The molecule has 1 fully saturated rings. The van der Waals surface area contributed by atoms with Crippen molar-refractivity contribution >= 4 is 0 Å². The maximum absolute atomic E-state index is 6.12. The second-order valence-corrected chi connectivity index (χ2v) is 4.95. The van der Waals surface area contributed by atoms with Crippen LogP contribution < -0.4 is 5.32 Å². The summed E-state index contributed by atoms with van der Waals surface area (Å²) in [6, 6.07) is 0.401. The first-order chi connectivity index (χ1) is 8.24. The first-order valence-corrected chi connectivity index (χ1v) is 7.13. The molecule has 2 unspecified atom stereocenters. The highest BCUT2D eigenvalue weighted by Crippen LogP contribution is 2.32. The minimum absolute atomic E-state index is 0.0329. The molecule has 0 aliphatic carbocycles. The third-order valence-corrected chi connectivity index (χ3v) is 4.17. The summed E-state index contributed by atoms with van der Waals surface area (Å²) in [5.41, 5.74) is -0.0329. The molecule has 1 aliphatic rings. The third kappa shape index (κ3) is 3.43. The first-order valence-electron chi connectivity index (χ1n) is 7.13. The van der Waals surface area contributed by atoms with E-state index in [1.165, 1.54) is 12.8 Å². The van der Waals surface area contributed by atoms with Crippen molar-refractivity contribution in [3.8, 4) is 0 Å². The van der Waals surface area contributed by atoms with Gasteiger partial charge in [0.05, 0.1) is 12.2 Å². The molecule has 3 heteroatoms. The Kier molecular flexibility index (Phi) is 6.45. The minimum Gasteiger partial charge on any atom is -0.381 e. The van der Waals surface area contributed by atoms with E-state index in [9.17, 15) is 0 Å². The maximum atomic E-state index is 6.12. The van der Waals surface area contributed by atoms with Crippen LogP contribution in [0.1, 0.15) is 46.5 Å². The summed E-state index contributed by atoms with van der Waals surface area (Å²) in [5.74, 6) is 0.584. The van der Waals surface area contributed by atoms with E-state index in [1.54, 1.807) is 0 Å². The topological polar surface area (TPSA) is 30.5 Å². The predicted molar refractivity (Wildman–Crippen MR) is 71.3 cm³/mol. The zero-order valence-corrected chi connectivity index (χ0v) is 11.9. The summed E-state index contributed by atoms with van der Waals surface area (Å²) in [7, 11) is 2.05. The number of nitrogens with one attached hydrogen (secondary N) is 1. The van der Waals surface area contributed by atoms with Gasteiger partial charge in [0, 0.05) is 25.2 Å². The molecule has 1 N–H and O–H groups in total. The van der Waals surface area contributed by atoms with Gasteiger partial charge in [-0.15, -0.1) is 0 Å². The summed E-state index contributed by atoms with van der Waals surface area (Å²) < 4.78 is 11.7. The number of likely N-dealkylation sites (N-methyl/N-ethyl adjacent to an activating group) is 1. The van der Waals surface area contributed by atoms with Crippen LogP contribution in [-0.2, 0) is 9.47 Å². The normalized spacial score (nSPS) is 23.6. The molecule has 0 bridgehead atoms. The SMILES string of the molecule is CCOC(CC)(CC)C(NC)C1CCCOC1. The molecule has 102 valence electrons. The maximum Gasteiger partial charge on any atom is 0.0832 e. The average molecular weight is 243 g/mol. The van der Waals surface area contributed by atoms with Gasteiger partial charge in [0.15, 0.2) is 0 Å². The Balaban J connectivity index is 2.78. The zero-order valence-electron chi connectivity index (χ0n) is 11.9. The van der Waals surface area contributed by atoms with E-state index in [-0.39, 0.29) is 5.60 Å². The van der Waals surface area contributed by atoms with Gasteiger partial charge in [0.2, 0.25) is 0 Å². The van der Waals surface area contributed by atoms with Crippen LogP contribution >= 0.6 is 0 Å². The molecule has 0 aromatic rings. The minimum atomic E-state index is -0.0329. The van der Waals surface area contributed by atoms with Crippen LogP contribution in [0.4, 0.5) is 0 Å². The second-order valence-electron chi connectivity index (χ2n) is 4.95. The van der Waals surface area contributed by atoms with Crippen LogP contribution in [0, 0.1) is 5.92 Å². The molecule has 0 saturated carbocycles. The van der Waals surface area contributed by atoms with Crippen molar-refractivity contribution in [1.29, 1.82) is 0 Å². The van der Waals surface area contributed by atoms with Crippen LogP contribution in [0.3, 0.4) is 0 Å². The van der Waals surface area contributed by atoms with Gasteiger partial charge in [-0.3, -0.25) is 0 Å². The quantitative estimate of drug-likeness (QED) is 0.745. The molecule has 0 spiro atoms. The first kappa shape index (κ1) is 14.9. The molecule has 0 amide bonds. The second kappa shape index (κ2) is 7.34. The molecule has 2 atom stereocenters. The summed E-state index contributed by atoms with van der Waals surface area (Å²) >= 11 is 0. The highest BCUT2D eigenvalue weighted by molar-refractivity contribution is 4.95. The largest absolute Gasteiger partial charge is 0.381 e. The average Bonchev–Trinajstić information content (AvgIpc) is 2.39. The lowest BCUT2D eigenvalue weighted by Gasteiger charge is -2.44. The van der Waals surface area contributed by atoms with Crippen molar-refractivity contribution in [3.63, 3.8) is 0 Å². The number of hydrogen-bond acceptors (Lipinski definition) is 3. The van der Waals surface area contributed by atoms with Gasteiger partial charge in [-0.05, 0) is 39.7 Å². The fourth-order valence-corrected chi connectivity index (χ4v) is 3.23. The van der Waals surface area contributed by atoms with E-state index in [4.69, 9.17) is 9.47 Å². The lowest BCUT2D eigenvalue weighted by molar-refractivity contribution is -0.0995. The summed E-state index contributed by atoms with van der Waals surface area (Å²) in [6.07, 6.45) is 4.54. The predicted octanol–water partition coefficient (Wildman–Crippen LogP) is 2.60. The van der Waals surface area contributed by atoms with E-state index in [1.807, 2.05) is 0 Å². The van der Waals surface area contributed by atoms with E-state index >= 15 is 0 Å². The summed E-state index contributed by atoms with van der Waals surface area (Å²) in [4.78, 5) is 0. The Hall–Kier alpha value is -0.120. The van der Waals surface area contributed by atoms with Gasteiger partial charge in [0.25, 0.3) is 0 Å². The van der Waals surface area contributed by atoms with Crippen LogP contribution in [0.2, 0.25) is 0 Å². The fraction of sp³-hybridized carbons (Fsp3) is 1.00. The Morgan fingerprint density at radius 3 is 2.47 bits per heavy atom. The van der Waals surface area contributed by atoms with E-state index in [2.05, 4.69) is 33.1 Å². The molecule has 17 heavy (non-hydrogen) atoms. The van der Waals surface area contributed by atoms with Crippen molar-refractivity contribution in [2.75, 3.05) is 26.9 Å². The smallest absolute Gasteiger partial charge is 0.0832 e. The number of rotatable bonds is 7. The summed E-state index contributed by atoms with van der Waals surface area (Å²) in [5, 5.41) is 3.49. The summed E-state index contributed by atoms with van der Waals surface area (Å²) in [6.45, 7) is 9.13. The van der Waals surface area contributed by atoms with Crippen LogP contribution in [-0.4, -0.2) is 38.5 Å². The highest BCUT2D eigenvalue weighted by Gasteiger charge is 2.40. The molecule has 3 nitrogen and oxygen atoms in total.